The quantitative estimate of drug-likeness (QED) is 0.856. The molecule has 0 saturated heterocycles. The van der Waals surface area contributed by atoms with Gasteiger partial charge in [-0.15, -0.1) is 0 Å². The lowest BCUT2D eigenvalue weighted by atomic mass is 10.1. The second-order valence-electron chi connectivity index (χ2n) is 4.36. The normalized spacial score (nSPS) is 10.4. The Morgan fingerprint density at radius 1 is 1.33 bits per heavy atom. The molecule has 6 heteroatoms. The number of carbonyl (C=O) groups is 1. The largest absolute Gasteiger partial charge is 0.476 e. The van der Waals surface area contributed by atoms with Gasteiger partial charge in [0, 0.05) is 12.8 Å². The molecule has 0 aliphatic carbocycles. The van der Waals surface area contributed by atoms with E-state index in [2.05, 4.69) is 10.3 Å². The van der Waals surface area contributed by atoms with E-state index in [1.54, 1.807) is 13.2 Å². The highest BCUT2D eigenvalue weighted by Crippen LogP contribution is 2.23. The first-order valence-corrected chi connectivity index (χ1v) is 6.73. The molecule has 1 aromatic heterocycles. The molecular weight excluding hydrogens is 292 g/mol. The highest BCUT2D eigenvalue weighted by molar-refractivity contribution is 6.33. The van der Waals surface area contributed by atoms with Gasteiger partial charge in [0.2, 0.25) is 0 Å². The number of aromatic carboxylic acids is 1. The zero-order valence-electron chi connectivity index (χ0n) is 11.5. The number of anilines is 2. The van der Waals surface area contributed by atoms with Gasteiger partial charge in [-0.2, -0.15) is 0 Å². The molecule has 0 fully saturated rings. The molecule has 0 spiro atoms. The maximum atomic E-state index is 11.0. The van der Waals surface area contributed by atoms with Crippen molar-refractivity contribution in [2.24, 2.45) is 0 Å². The molecule has 110 valence electrons. The summed E-state index contributed by atoms with van der Waals surface area (Å²) in [4.78, 5) is 15.1. The summed E-state index contributed by atoms with van der Waals surface area (Å²) in [6.07, 6.45) is 0.749. The van der Waals surface area contributed by atoms with E-state index >= 15 is 0 Å². The number of nitrogens with zero attached hydrogens (tertiary/aromatic N) is 1. The van der Waals surface area contributed by atoms with Crippen LogP contribution >= 0.6 is 11.6 Å². The molecule has 0 saturated carbocycles. The van der Waals surface area contributed by atoms with Crippen LogP contribution in [0.25, 0.3) is 0 Å². The van der Waals surface area contributed by atoms with Crippen LogP contribution in [-0.4, -0.2) is 29.8 Å². The summed E-state index contributed by atoms with van der Waals surface area (Å²) in [6.45, 7) is 0.604. The van der Waals surface area contributed by atoms with Gasteiger partial charge >= 0.3 is 5.97 Å². The summed E-state index contributed by atoms with van der Waals surface area (Å²) < 4.78 is 5.08. The first kappa shape index (κ1) is 15.3. The summed E-state index contributed by atoms with van der Waals surface area (Å²) in [6, 6.07) is 10.9. The van der Waals surface area contributed by atoms with Crippen LogP contribution in [0.1, 0.15) is 16.1 Å². The summed E-state index contributed by atoms with van der Waals surface area (Å²) in [5, 5.41) is 12.3. The van der Waals surface area contributed by atoms with E-state index in [1.807, 2.05) is 24.3 Å². The summed E-state index contributed by atoms with van der Waals surface area (Å²) in [7, 11) is 1.65. The van der Waals surface area contributed by atoms with Crippen molar-refractivity contribution in [1.29, 1.82) is 0 Å². The van der Waals surface area contributed by atoms with E-state index in [-0.39, 0.29) is 10.7 Å². The standard InChI is InChI=1S/C15H15ClN2O3/c1-21-9-8-10-4-2-3-5-12(10)17-13-7-6-11(16)14(18-13)15(19)20/h2-7H,8-9H2,1H3,(H,17,18)(H,19,20). The van der Waals surface area contributed by atoms with E-state index in [0.29, 0.717) is 12.4 Å². The average Bonchev–Trinajstić information content (AvgIpc) is 2.48. The SMILES string of the molecule is COCCc1ccccc1Nc1ccc(Cl)c(C(=O)O)n1. The number of pyridine rings is 1. The number of hydrogen-bond acceptors (Lipinski definition) is 4. The van der Waals surface area contributed by atoms with Crippen molar-refractivity contribution >= 4 is 29.1 Å². The van der Waals surface area contributed by atoms with Crippen molar-refractivity contribution < 1.29 is 14.6 Å². The van der Waals surface area contributed by atoms with Crippen LogP contribution < -0.4 is 5.32 Å². The number of carboxylic acids is 1. The molecule has 0 atom stereocenters. The number of methoxy groups -OCH3 is 1. The van der Waals surface area contributed by atoms with Gasteiger partial charge < -0.3 is 15.2 Å². The Morgan fingerprint density at radius 2 is 2.10 bits per heavy atom. The number of hydrogen-bond donors (Lipinski definition) is 2. The maximum Gasteiger partial charge on any atom is 0.356 e. The number of carboxylic acid groups (broad SMARTS) is 1. The molecule has 21 heavy (non-hydrogen) atoms. The third kappa shape index (κ3) is 3.93. The Bertz CT molecular complexity index is 647. The van der Waals surface area contributed by atoms with E-state index < -0.39 is 5.97 Å². The number of rotatable bonds is 6. The molecule has 0 aliphatic heterocycles. The molecule has 5 nitrogen and oxygen atoms in total. The predicted molar refractivity (Wildman–Crippen MR) is 81.5 cm³/mol. The molecule has 0 radical (unpaired) electrons. The minimum absolute atomic E-state index is 0.112. The monoisotopic (exact) mass is 306 g/mol. The van der Waals surface area contributed by atoms with E-state index in [9.17, 15) is 4.79 Å². The fraction of sp³-hybridized carbons (Fsp3) is 0.200. The molecule has 1 heterocycles. The number of para-hydroxylation sites is 1. The topological polar surface area (TPSA) is 71.5 Å². The van der Waals surface area contributed by atoms with Crippen molar-refractivity contribution in [3.05, 3.63) is 52.7 Å². The minimum atomic E-state index is -1.16. The van der Waals surface area contributed by atoms with Crippen molar-refractivity contribution in [1.82, 2.24) is 4.98 Å². The number of nitrogens with one attached hydrogen (secondary N) is 1. The van der Waals surface area contributed by atoms with E-state index in [1.165, 1.54) is 6.07 Å². The van der Waals surface area contributed by atoms with Crippen molar-refractivity contribution in [2.45, 2.75) is 6.42 Å². The Kier molecular flexibility index (Phi) is 5.14. The summed E-state index contributed by atoms with van der Waals surface area (Å²) in [5.74, 6) is -0.724. The first-order chi connectivity index (χ1) is 10.1. The second kappa shape index (κ2) is 7.06. The minimum Gasteiger partial charge on any atom is -0.476 e. The summed E-state index contributed by atoms with van der Waals surface area (Å²) >= 11 is 5.81. The highest BCUT2D eigenvalue weighted by Gasteiger charge is 2.12. The van der Waals surface area contributed by atoms with Crippen LogP contribution in [0.3, 0.4) is 0 Å². The molecule has 2 aromatic rings. The van der Waals surface area contributed by atoms with Gasteiger partial charge in [-0.1, -0.05) is 29.8 Å². The Balaban J connectivity index is 2.26. The number of ether oxygens (including phenoxy) is 1. The van der Waals surface area contributed by atoms with Crippen LogP contribution in [-0.2, 0) is 11.2 Å². The van der Waals surface area contributed by atoms with E-state index in [0.717, 1.165) is 17.7 Å². The fourth-order valence-electron chi connectivity index (χ4n) is 1.87. The first-order valence-electron chi connectivity index (χ1n) is 6.35. The Morgan fingerprint density at radius 3 is 2.81 bits per heavy atom. The Labute approximate surface area is 127 Å². The van der Waals surface area contributed by atoms with Crippen LogP contribution in [0, 0.1) is 0 Å². The molecular formula is C15H15ClN2O3. The fourth-order valence-corrected chi connectivity index (χ4v) is 2.06. The Hall–Kier alpha value is -2.11. The molecule has 2 N–H and O–H groups in total. The lowest BCUT2D eigenvalue weighted by Crippen LogP contribution is -2.05. The van der Waals surface area contributed by atoms with Gasteiger partial charge in [0.05, 0.1) is 11.6 Å². The predicted octanol–water partition coefficient (Wildman–Crippen LogP) is 3.37. The smallest absolute Gasteiger partial charge is 0.356 e. The van der Waals surface area contributed by atoms with Crippen LogP contribution in [0.4, 0.5) is 11.5 Å². The van der Waals surface area contributed by atoms with Crippen LogP contribution in [0.2, 0.25) is 5.02 Å². The third-order valence-corrected chi connectivity index (χ3v) is 3.21. The van der Waals surface area contributed by atoms with Gasteiger partial charge in [0.25, 0.3) is 0 Å². The van der Waals surface area contributed by atoms with Crippen molar-refractivity contribution in [3.8, 4) is 0 Å². The lowest BCUT2D eigenvalue weighted by Gasteiger charge is -2.12. The number of aromatic nitrogens is 1. The van der Waals surface area contributed by atoms with Crippen LogP contribution in [0.15, 0.2) is 36.4 Å². The van der Waals surface area contributed by atoms with Gasteiger partial charge in [-0.05, 0) is 30.2 Å². The number of benzene rings is 1. The van der Waals surface area contributed by atoms with Gasteiger partial charge in [-0.3, -0.25) is 0 Å². The van der Waals surface area contributed by atoms with Gasteiger partial charge in [-0.25, -0.2) is 9.78 Å². The zero-order valence-corrected chi connectivity index (χ0v) is 12.2. The number of halogens is 1. The molecule has 1 aromatic carbocycles. The van der Waals surface area contributed by atoms with Gasteiger partial charge in [0.15, 0.2) is 5.69 Å². The molecule has 0 unspecified atom stereocenters. The molecule has 2 rings (SSSR count). The van der Waals surface area contributed by atoms with E-state index in [4.69, 9.17) is 21.4 Å². The summed E-state index contributed by atoms with van der Waals surface area (Å²) in [5.41, 5.74) is 1.75. The molecule has 0 bridgehead atoms. The zero-order chi connectivity index (χ0) is 15.2. The van der Waals surface area contributed by atoms with Crippen molar-refractivity contribution in [2.75, 3.05) is 19.0 Å². The lowest BCUT2D eigenvalue weighted by molar-refractivity contribution is 0.0691. The molecule has 0 amide bonds. The average molecular weight is 307 g/mol. The molecule has 0 aliphatic rings. The maximum absolute atomic E-state index is 11.0. The van der Waals surface area contributed by atoms with Gasteiger partial charge in [0.1, 0.15) is 5.82 Å². The van der Waals surface area contributed by atoms with Crippen molar-refractivity contribution in [3.63, 3.8) is 0 Å². The third-order valence-electron chi connectivity index (χ3n) is 2.90. The van der Waals surface area contributed by atoms with Crippen LogP contribution in [0.5, 0.6) is 0 Å². The highest BCUT2D eigenvalue weighted by atomic mass is 35.5. The second-order valence-corrected chi connectivity index (χ2v) is 4.76.